The third-order valence-electron chi connectivity index (χ3n) is 2.08. The molecule has 0 aliphatic rings. The second-order valence-electron chi connectivity index (χ2n) is 3.13. The Kier molecular flexibility index (Phi) is 5.83. The van der Waals surface area contributed by atoms with Crippen molar-refractivity contribution in [2.45, 2.75) is 5.92 Å². The second kappa shape index (κ2) is 6.65. The first kappa shape index (κ1) is 12.3. The molecular formula is C11H15ClS2. The monoisotopic (exact) mass is 246 g/mol. The predicted octanol–water partition coefficient (Wildman–Crippen LogP) is 4.15. The average Bonchev–Trinajstić information content (AvgIpc) is 2.18. The van der Waals surface area contributed by atoms with Crippen molar-refractivity contribution < 1.29 is 0 Å². The molecule has 0 saturated heterocycles. The fraction of sp³-hybridized carbons (Fsp3) is 0.455. The Balaban J connectivity index is 2.81. The first-order valence-electron chi connectivity index (χ1n) is 4.52. The molecule has 0 fully saturated rings. The van der Waals surface area contributed by atoms with E-state index in [2.05, 4.69) is 24.6 Å². The standard InChI is InChI=1S/C11H15ClS2/c1-13-7-9(8-14-2)10-5-3-4-6-11(10)12/h3-6,9H,7-8H2,1-2H3. The quantitative estimate of drug-likeness (QED) is 0.766. The van der Waals surface area contributed by atoms with Gasteiger partial charge in [0.25, 0.3) is 0 Å². The summed E-state index contributed by atoms with van der Waals surface area (Å²) in [5.74, 6) is 2.86. The van der Waals surface area contributed by atoms with E-state index in [0.29, 0.717) is 5.92 Å². The smallest absolute Gasteiger partial charge is 0.0441 e. The minimum atomic E-state index is 0.577. The molecule has 0 spiro atoms. The lowest BCUT2D eigenvalue weighted by molar-refractivity contribution is 0.898. The second-order valence-corrected chi connectivity index (χ2v) is 5.36. The van der Waals surface area contributed by atoms with Crippen LogP contribution in [0.5, 0.6) is 0 Å². The van der Waals surface area contributed by atoms with Crippen molar-refractivity contribution >= 4 is 35.1 Å². The first-order chi connectivity index (χ1) is 6.79. The lowest BCUT2D eigenvalue weighted by atomic mass is 10.0. The molecule has 0 unspecified atom stereocenters. The molecule has 14 heavy (non-hydrogen) atoms. The maximum atomic E-state index is 6.17. The first-order valence-corrected chi connectivity index (χ1v) is 7.68. The number of halogens is 1. The molecule has 3 heteroatoms. The Bertz CT molecular complexity index is 270. The molecule has 0 aliphatic carbocycles. The van der Waals surface area contributed by atoms with Gasteiger partial charge in [-0.25, -0.2) is 0 Å². The summed E-state index contributed by atoms with van der Waals surface area (Å²) in [6, 6.07) is 8.17. The van der Waals surface area contributed by atoms with Crippen LogP contribution >= 0.6 is 35.1 Å². The molecule has 0 atom stereocenters. The van der Waals surface area contributed by atoms with E-state index >= 15 is 0 Å². The van der Waals surface area contributed by atoms with Gasteiger partial charge in [-0.05, 0) is 24.1 Å². The lowest BCUT2D eigenvalue weighted by Crippen LogP contribution is -2.05. The summed E-state index contributed by atoms with van der Waals surface area (Å²) in [5, 5.41) is 0.903. The number of hydrogen-bond donors (Lipinski definition) is 0. The summed E-state index contributed by atoms with van der Waals surface area (Å²) >= 11 is 9.93. The zero-order valence-electron chi connectivity index (χ0n) is 8.50. The number of benzene rings is 1. The van der Waals surface area contributed by atoms with Crippen molar-refractivity contribution in [1.29, 1.82) is 0 Å². The van der Waals surface area contributed by atoms with Gasteiger partial charge in [0.05, 0.1) is 0 Å². The molecule has 0 N–H and O–H groups in total. The van der Waals surface area contributed by atoms with Gasteiger partial charge in [-0.2, -0.15) is 23.5 Å². The third-order valence-corrected chi connectivity index (χ3v) is 3.90. The van der Waals surface area contributed by atoms with Gasteiger partial charge >= 0.3 is 0 Å². The summed E-state index contributed by atoms with van der Waals surface area (Å²) in [4.78, 5) is 0. The Morgan fingerprint density at radius 2 is 1.71 bits per heavy atom. The highest BCUT2D eigenvalue weighted by Gasteiger charge is 2.12. The SMILES string of the molecule is CSCC(CSC)c1ccccc1Cl. The molecule has 78 valence electrons. The Morgan fingerprint density at radius 3 is 2.21 bits per heavy atom. The van der Waals surface area contributed by atoms with Gasteiger partial charge in [-0.15, -0.1) is 0 Å². The largest absolute Gasteiger partial charge is 0.165 e. The van der Waals surface area contributed by atoms with E-state index in [-0.39, 0.29) is 0 Å². The Hall–Kier alpha value is 0.210. The summed E-state index contributed by atoms with van der Waals surface area (Å²) in [6.07, 6.45) is 4.29. The molecule has 0 bridgehead atoms. The molecular weight excluding hydrogens is 232 g/mol. The van der Waals surface area contributed by atoms with E-state index in [1.165, 1.54) is 5.56 Å². The maximum absolute atomic E-state index is 6.17. The van der Waals surface area contributed by atoms with Gasteiger partial charge in [0.1, 0.15) is 0 Å². The van der Waals surface area contributed by atoms with Crippen molar-refractivity contribution in [1.82, 2.24) is 0 Å². The van der Waals surface area contributed by atoms with E-state index < -0.39 is 0 Å². The number of hydrogen-bond acceptors (Lipinski definition) is 2. The van der Waals surface area contributed by atoms with Gasteiger partial charge in [-0.1, -0.05) is 29.8 Å². The van der Waals surface area contributed by atoms with Crippen LogP contribution in [-0.2, 0) is 0 Å². The van der Waals surface area contributed by atoms with Crippen LogP contribution < -0.4 is 0 Å². The van der Waals surface area contributed by atoms with Crippen LogP contribution in [0.1, 0.15) is 11.5 Å². The summed E-state index contributed by atoms with van der Waals surface area (Å²) in [5.41, 5.74) is 1.29. The molecule has 0 nitrogen and oxygen atoms in total. The minimum absolute atomic E-state index is 0.577. The highest BCUT2D eigenvalue weighted by molar-refractivity contribution is 7.99. The zero-order valence-corrected chi connectivity index (χ0v) is 10.9. The van der Waals surface area contributed by atoms with Crippen molar-refractivity contribution in [2.24, 2.45) is 0 Å². The highest BCUT2D eigenvalue weighted by atomic mass is 35.5. The van der Waals surface area contributed by atoms with Crippen LogP contribution in [0.2, 0.25) is 5.02 Å². The molecule has 1 rings (SSSR count). The fourth-order valence-electron chi connectivity index (χ4n) is 1.44. The van der Waals surface area contributed by atoms with Crippen LogP contribution in [0, 0.1) is 0 Å². The topological polar surface area (TPSA) is 0 Å². The molecule has 0 aliphatic heterocycles. The molecule has 0 heterocycles. The third kappa shape index (κ3) is 3.41. The minimum Gasteiger partial charge on any atom is -0.165 e. The molecule has 0 aromatic heterocycles. The van der Waals surface area contributed by atoms with Crippen molar-refractivity contribution in [3.05, 3.63) is 34.9 Å². The van der Waals surface area contributed by atoms with E-state index in [1.54, 1.807) is 0 Å². The summed E-state index contributed by atoms with van der Waals surface area (Å²) in [6.45, 7) is 0. The number of rotatable bonds is 5. The Labute approximate surface area is 99.8 Å². The highest BCUT2D eigenvalue weighted by Crippen LogP contribution is 2.28. The maximum Gasteiger partial charge on any atom is 0.0441 e. The van der Waals surface area contributed by atoms with Gasteiger partial charge in [0, 0.05) is 22.4 Å². The van der Waals surface area contributed by atoms with Crippen molar-refractivity contribution in [2.75, 3.05) is 24.0 Å². The van der Waals surface area contributed by atoms with Crippen LogP contribution in [-0.4, -0.2) is 24.0 Å². The van der Waals surface area contributed by atoms with Gasteiger partial charge in [0.15, 0.2) is 0 Å². The van der Waals surface area contributed by atoms with E-state index in [0.717, 1.165) is 16.5 Å². The van der Waals surface area contributed by atoms with Gasteiger partial charge in [-0.3, -0.25) is 0 Å². The predicted molar refractivity (Wildman–Crippen MR) is 71.0 cm³/mol. The lowest BCUT2D eigenvalue weighted by Gasteiger charge is -2.16. The zero-order chi connectivity index (χ0) is 10.4. The van der Waals surface area contributed by atoms with Crippen LogP contribution in [0.3, 0.4) is 0 Å². The van der Waals surface area contributed by atoms with Crippen molar-refractivity contribution in [3.8, 4) is 0 Å². The van der Waals surface area contributed by atoms with Gasteiger partial charge < -0.3 is 0 Å². The normalized spacial score (nSPS) is 10.9. The molecule has 1 aromatic rings. The van der Waals surface area contributed by atoms with E-state index in [9.17, 15) is 0 Å². The van der Waals surface area contributed by atoms with Crippen LogP contribution in [0.4, 0.5) is 0 Å². The summed E-state index contributed by atoms with van der Waals surface area (Å²) in [7, 11) is 0. The van der Waals surface area contributed by atoms with Gasteiger partial charge in [0.2, 0.25) is 0 Å². The van der Waals surface area contributed by atoms with E-state index in [4.69, 9.17) is 11.6 Å². The molecule has 0 amide bonds. The molecule has 0 saturated carbocycles. The van der Waals surface area contributed by atoms with Crippen LogP contribution in [0.25, 0.3) is 0 Å². The van der Waals surface area contributed by atoms with Crippen LogP contribution in [0.15, 0.2) is 24.3 Å². The fourth-order valence-corrected chi connectivity index (χ4v) is 3.28. The average molecular weight is 247 g/mol. The molecule has 1 aromatic carbocycles. The van der Waals surface area contributed by atoms with Crippen molar-refractivity contribution in [3.63, 3.8) is 0 Å². The molecule has 0 radical (unpaired) electrons. The number of thioether (sulfide) groups is 2. The Morgan fingerprint density at radius 1 is 1.14 bits per heavy atom. The van der Waals surface area contributed by atoms with E-state index in [1.807, 2.05) is 35.7 Å². The summed E-state index contributed by atoms with van der Waals surface area (Å²) < 4.78 is 0.